The van der Waals surface area contributed by atoms with E-state index in [1.165, 1.54) is 12.8 Å². The predicted octanol–water partition coefficient (Wildman–Crippen LogP) is 3.25. The van der Waals surface area contributed by atoms with E-state index in [1.807, 2.05) is 26.8 Å². The number of nitrogens with one attached hydrogen (secondary N) is 1. The van der Waals surface area contributed by atoms with Crippen LogP contribution in [0.25, 0.3) is 11.0 Å². The predicted molar refractivity (Wildman–Crippen MR) is 90.7 cm³/mol. The van der Waals surface area contributed by atoms with Crippen molar-refractivity contribution >= 4 is 29.3 Å². The number of carbonyl (C=O) groups excluding carboxylic acids is 1. The fourth-order valence-corrected chi connectivity index (χ4v) is 2.87. The smallest absolute Gasteiger partial charge is 0.287 e. The van der Waals surface area contributed by atoms with E-state index in [2.05, 4.69) is 11.4 Å². The van der Waals surface area contributed by atoms with Crippen LogP contribution in [0.5, 0.6) is 0 Å². The Bertz CT molecular complexity index is 704. The maximum atomic E-state index is 12.3. The van der Waals surface area contributed by atoms with Crippen molar-refractivity contribution in [2.45, 2.75) is 39.7 Å². The number of rotatable bonds is 4. The van der Waals surface area contributed by atoms with Crippen molar-refractivity contribution in [2.75, 3.05) is 6.54 Å². The summed E-state index contributed by atoms with van der Waals surface area (Å²) in [6, 6.07) is 4.14. The van der Waals surface area contributed by atoms with E-state index in [0.29, 0.717) is 18.2 Å². The normalized spacial score (nSPS) is 15.5. The molecule has 1 heterocycles. The van der Waals surface area contributed by atoms with Gasteiger partial charge in [-0.2, -0.15) is 0 Å². The van der Waals surface area contributed by atoms with Gasteiger partial charge in [0.15, 0.2) is 5.76 Å². The molecule has 1 amide bonds. The minimum atomic E-state index is -0.168. The van der Waals surface area contributed by atoms with Crippen LogP contribution in [0.1, 0.15) is 40.1 Å². The summed E-state index contributed by atoms with van der Waals surface area (Å²) >= 11 is 0. The summed E-state index contributed by atoms with van der Waals surface area (Å²) in [7, 11) is 0. The van der Waals surface area contributed by atoms with Crippen molar-refractivity contribution in [3.8, 4) is 0 Å². The summed E-state index contributed by atoms with van der Waals surface area (Å²) in [6.07, 6.45) is 2.36. The lowest BCUT2D eigenvalue weighted by Gasteiger charge is -2.10. The Kier molecular flexibility index (Phi) is 4.83. The molecule has 1 saturated carbocycles. The SMILES string of the molecule is Cc1ccc(C)c2c(C)c(C(=O)NCC(N)C3CC3)oc12.Cl. The summed E-state index contributed by atoms with van der Waals surface area (Å²) < 4.78 is 5.83. The first kappa shape index (κ1) is 16.8. The molecule has 1 aromatic carbocycles. The molecule has 3 N–H and O–H groups in total. The Morgan fingerprint density at radius 2 is 1.95 bits per heavy atom. The van der Waals surface area contributed by atoms with Gasteiger partial charge >= 0.3 is 0 Å². The van der Waals surface area contributed by atoms with Gasteiger partial charge in [0.25, 0.3) is 5.91 Å². The van der Waals surface area contributed by atoms with Crippen molar-refractivity contribution in [3.63, 3.8) is 0 Å². The highest BCUT2D eigenvalue weighted by molar-refractivity contribution is 6.00. The molecule has 1 aromatic heterocycles. The maximum Gasteiger partial charge on any atom is 0.287 e. The van der Waals surface area contributed by atoms with Crippen LogP contribution in [0.2, 0.25) is 0 Å². The quantitative estimate of drug-likeness (QED) is 0.908. The maximum absolute atomic E-state index is 12.3. The minimum Gasteiger partial charge on any atom is -0.450 e. The fraction of sp³-hybridized carbons (Fsp3) is 0.471. The standard InChI is InChI=1S/C17H22N2O2.ClH/c1-9-4-5-10(2)15-14(9)11(3)16(21-15)17(20)19-8-13(18)12-6-7-12;/h4-5,12-13H,6-8,18H2,1-3H3,(H,19,20);1H. The average Bonchev–Trinajstić information content (AvgIpc) is 3.24. The zero-order chi connectivity index (χ0) is 15.1. The Hall–Kier alpha value is -1.52. The number of hydrogen-bond donors (Lipinski definition) is 2. The van der Waals surface area contributed by atoms with Gasteiger partial charge in [-0.15, -0.1) is 12.4 Å². The summed E-state index contributed by atoms with van der Waals surface area (Å²) in [5.74, 6) is 0.815. The third-order valence-corrected chi connectivity index (χ3v) is 4.41. The molecular weight excluding hydrogens is 300 g/mol. The Morgan fingerprint density at radius 3 is 2.55 bits per heavy atom. The van der Waals surface area contributed by atoms with E-state index >= 15 is 0 Å². The first-order chi connectivity index (χ1) is 9.99. The number of aryl methyl sites for hydroxylation is 3. The molecule has 1 aliphatic rings. The van der Waals surface area contributed by atoms with E-state index in [0.717, 1.165) is 27.7 Å². The van der Waals surface area contributed by atoms with Crippen LogP contribution < -0.4 is 11.1 Å². The highest BCUT2D eigenvalue weighted by atomic mass is 35.5. The van der Waals surface area contributed by atoms with Crippen molar-refractivity contribution in [2.24, 2.45) is 11.7 Å². The molecule has 0 bridgehead atoms. The molecule has 120 valence electrons. The number of furan rings is 1. The van der Waals surface area contributed by atoms with Crippen LogP contribution in [0.4, 0.5) is 0 Å². The Morgan fingerprint density at radius 1 is 1.32 bits per heavy atom. The Balaban J connectivity index is 0.00000176. The van der Waals surface area contributed by atoms with Crippen LogP contribution in [0.3, 0.4) is 0 Å². The summed E-state index contributed by atoms with van der Waals surface area (Å²) in [5.41, 5.74) is 9.92. The second-order valence-electron chi connectivity index (χ2n) is 6.17. The number of fused-ring (bicyclic) bond motifs is 1. The van der Waals surface area contributed by atoms with Crippen molar-refractivity contribution in [1.82, 2.24) is 5.32 Å². The molecule has 0 spiro atoms. The average molecular weight is 323 g/mol. The molecule has 0 radical (unpaired) electrons. The van der Waals surface area contributed by atoms with Gasteiger partial charge in [-0.1, -0.05) is 12.1 Å². The zero-order valence-corrected chi connectivity index (χ0v) is 14.0. The molecule has 4 nitrogen and oxygen atoms in total. The number of carbonyl (C=O) groups is 1. The summed E-state index contributed by atoms with van der Waals surface area (Å²) in [6.45, 7) is 6.48. The van der Waals surface area contributed by atoms with Crippen LogP contribution in [0, 0.1) is 26.7 Å². The third kappa shape index (κ3) is 2.99. The van der Waals surface area contributed by atoms with Crippen LogP contribution in [0.15, 0.2) is 16.5 Å². The van der Waals surface area contributed by atoms with Crippen LogP contribution in [-0.2, 0) is 0 Å². The van der Waals surface area contributed by atoms with Gasteiger partial charge in [0.2, 0.25) is 0 Å². The first-order valence-electron chi connectivity index (χ1n) is 7.52. The largest absolute Gasteiger partial charge is 0.450 e. The highest BCUT2D eigenvalue weighted by Crippen LogP contribution is 2.32. The number of amides is 1. The topological polar surface area (TPSA) is 68.3 Å². The zero-order valence-electron chi connectivity index (χ0n) is 13.2. The van der Waals surface area contributed by atoms with Crippen LogP contribution >= 0.6 is 12.4 Å². The third-order valence-electron chi connectivity index (χ3n) is 4.41. The number of nitrogens with two attached hydrogens (primary N) is 1. The van der Waals surface area contributed by atoms with Gasteiger partial charge in [0.1, 0.15) is 5.58 Å². The van der Waals surface area contributed by atoms with Gasteiger partial charge in [-0.05, 0) is 50.7 Å². The molecule has 5 heteroatoms. The first-order valence-corrected chi connectivity index (χ1v) is 7.52. The molecule has 22 heavy (non-hydrogen) atoms. The molecule has 1 atom stereocenters. The number of benzene rings is 1. The number of halogens is 1. The Labute approximate surface area is 136 Å². The van der Waals surface area contributed by atoms with E-state index in [-0.39, 0.29) is 24.4 Å². The van der Waals surface area contributed by atoms with E-state index in [4.69, 9.17) is 10.2 Å². The number of hydrogen-bond acceptors (Lipinski definition) is 3. The molecule has 1 fully saturated rings. The molecule has 0 saturated heterocycles. The van der Waals surface area contributed by atoms with E-state index in [1.54, 1.807) is 0 Å². The molecule has 2 aromatic rings. The second kappa shape index (κ2) is 6.31. The molecule has 1 aliphatic carbocycles. The van der Waals surface area contributed by atoms with Gasteiger partial charge < -0.3 is 15.5 Å². The van der Waals surface area contributed by atoms with E-state index < -0.39 is 0 Å². The van der Waals surface area contributed by atoms with Gasteiger partial charge in [-0.3, -0.25) is 4.79 Å². The molecule has 1 unspecified atom stereocenters. The lowest BCUT2D eigenvalue weighted by Crippen LogP contribution is -2.38. The molecular formula is C17H23ClN2O2. The fourth-order valence-electron chi connectivity index (χ4n) is 2.87. The van der Waals surface area contributed by atoms with Crippen molar-refractivity contribution in [3.05, 3.63) is 34.6 Å². The second-order valence-corrected chi connectivity index (χ2v) is 6.17. The lowest BCUT2D eigenvalue weighted by molar-refractivity contribution is 0.0924. The van der Waals surface area contributed by atoms with Gasteiger partial charge in [0, 0.05) is 23.5 Å². The van der Waals surface area contributed by atoms with Crippen molar-refractivity contribution in [1.29, 1.82) is 0 Å². The van der Waals surface area contributed by atoms with Crippen LogP contribution in [-0.4, -0.2) is 18.5 Å². The van der Waals surface area contributed by atoms with Gasteiger partial charge in [0.05, 0.1) is 0 Å². The summed E-state index contributed by atoms with van der Waals surface area (Å²) in [5, 5.41) is 3.95. The molecule has 3 rings (SSSR count). The summed E-state index contributed by atoms with van der Waals surface area (Å²) in [4.78, 5) is 12.3. The highest BCUT2D eigenvalue weighted by Gasteiger charge is 2.29. The van der Waals surface area contributed by atoms with Gasteiger partial charge in [-0.25, -0.2) is 0 Å². The lowest BCUT2D eigenvalue weighted by atomic mass is 10.0. The molecule has 0 aliphatic heterocycles. The minimum absolute atomic E-state index is 0. The van der Waals surface area contributed by atoms with E-state index in [9.17, 15) is 4.79 Å². The van der Waals surface area contributed by atoms with Crippen molar-refractivity contribution < 1.29 is 9.21 Å². The monoisotopic (exact) mass is 322 g/mol.